The van der Waals surface area contributed by atoms with Crippen LogP contribution < -0.4 is 10.1 Å². The molecule has 0 aliphatic heterocycles. The van der Waals surface area contributed by atoms with E-state index in [-0.39, 0.29) is 19.1 Å². The van der Waals surface area contributed by atoms with Crippen molar-refractivity contribution in [2.45, 2.75) is 6.92 Å². The van der Waals surface area contributed by atoms with E-state index in [1.807, 2.05) is 0 Å². The van der Waals surface area contributed by atoms with Crippen molar-refractivity contribution in [1.82, 2.24) is 5.32 Å². The van der Waals surface area contributed by atoms with Gasteiger partial charge in [-0.25, -0.2) is 0 Å². The Morgan fingerprint density at radius 3 is 2.68 bits per heavy atom. The lowest BCUT2D eigenvalue weighted by Gasteiger charge is -2.10. The second-order valence-electron chi connectivity index (χ2n) is 3.91. The average molecular weight is 395 g/mol. The third kappa shape index (κ3) is 5.61. The SMILES string of the molecule is CC(CNC(=O)COc1ccc(Br)cc1Br)C(=O)O. The second kappa shape index (κ2) is 7.49. The number of hydrogen-bond acceptors (Lipinski definition) is 3. The van der Waals surface area contributed by atoms with Gasteiger partial charge in [-0.3, -0.25) is 9.59 Å². The number of carboxylic acids is 1. The number of amides is 1. The van der Waals surface area contributed by atoms with Crippen LogP contribution in [-0.2, 0) is 9.59 Å². The van der Waals surface area contributed by atoms with Gasteiger partial charge in [0.15, 0.2) is 6.61 Å². The van der Waals surface area contributed by atoms with Crippen LogP contribution in [0.3, 0.4) is 0 Å². The first-order chi connectivity index (χ1) is 8.90. The highest BCUT2D eigenvalue weighted by molar-refractivity contribution is 9.11. The molecular weight excluding hydrogens is 382 g/mol. The minimum absolute atomic E-state index is 0.0824. The van der Waals surface area contributed by atoms with Gasteiger partial charge in [0.1, 0.15) is 5.75 Å². The van der Waals surface area contributed by atoms with Crippen LogP contribution in [0.15, 0.2) is 27.1 Å². The quantitative estimate of drug-likeness (QED) is 0.776. The number of carboxylic acid groups (broad SMARTS) is 1. The van der Waals surface area contributed by atoms with Crippen LogP contribution in [0.2, 0.25) is 0 Å². The zero-order valence-electron chi connectivity index (χ0n) is 10.2. The lowest BCUT2D eigenvalue weighted by Crippen LogP contribution is -2.34. The summed E-state index contributed by atoms with van der Waals surface area (Å²) < 4.78 is 6.94. The molecule has 2 N–H and O–H groups in total. The largest absolute Gasteiger partial charge is 0.483 e. The predicted octanol–water partition coefficient (Wildman–Crippen LogP) is 2.43. The van der Waals surface area contributed by atoms with Gasteiger partial charge in [-0.05, 0) is 34.1 Å². The summed E-state index contributed by atoms with van der Waals surface area (Å²) in [4.78, 5) is 22.0. The molecule has 0 bridgehead atoms. The number of halogens is 2. The standard InChI is InChI=1S/C12H13Br2NO4/c1-7(12(17)18)5-15-11(16)6-19-10-3-2-8(13)4-9(10)14/h2-4,7H,5-6H2,1H3,(H,15,16)(H,17,18). The highest BCUT2D eigenvalue weighted by Gasteiger charge is 2.12. The summed E-state index contributed by atoms with van der Waals surface area (Å²) in [6.45, 7) is 1.44. The Hall–Kier alpha value is -1.08. The average Bonchev–Trinajstić information content (AvgIpc) is 2.34. The van der Waals surface area contributed by atoms with Crippen molar-refractivity contribution in [3.8, 4) is 5.75 Å². The zero-order valence-corrected chi connectivity index (χ0v) is 13.3. The molecule has 0 aromatic heterocycles. The van der Waals surface area contributed by atoms with E-state index in [0.717, 1.165) is 8.95 Å². The molecule has 0 aliphatic carbocycles. The zero-order chi connectivity index (χ0) is 14.4. The molecule has 1 aromatic rings. The number of hydrogen-bond donors (Lipinski definition) is 2. The monoisotopic (exact) mass is 393 g/mol. The molecule has 0 saturated carbocycles. The number of nitrogens with one attached hydrogen (secondary N) is 1. The fraction of sp³-hybridized carbons (Fsp3) is 0.333. The van der Waals surface area contributed by atoms with Crippen LogP contribution >= 0.6 is 31.9 Å². The summed E-state index contributed by atoms with van der Waals surface area (Å²) in [6.07, 6.45) is 0. The maximum Gasteiger partial charge on any atom is 0.308 e. The molecule has 19 heavy (non-hydrogen) atoms. The number of rotatable bonds is 6. The van der Waals surface area contributed by atoms with Gasteiger partial charge in [0.05, 0.1) is 10.4 Å². The van der Waals surface area contributed by atoms with Gasteiger partial charge in [-0.15, -0.1) is 0 Å². The van der Waals surface area contributed by atoms with Gasteiger partial charge in [0.2, 0.25) is 0 Å². The van der Waals surface area contributed by atoms with Crippen LogP contribution in [0.5, 0.6) is 5.75 Å². The van der Waals surface area contributed by atoms with Crippen LogP contribution in [0.1, 0.15) is 6.92 Å². The van der Waals surface area contributed by atoms with Crippen LogP contribution in [0, 0.1) is 5.92 Å². The Labute approximate surface area is 127 Å². The summed E-state index contributed by atoms with van der Waals surface area (Å²) in [5, 5.41) is 11.2. The molecule has 0 aliphatic rings. The van der Waals surface area contributed by atoms with E-state index >= 15 is 0 Å². The van der Waals surface area contributed by atoms with Crippen LogP contribution in [-0.4, -0.2) is 30.1 Å². The first-order valence-corrected chi connectivity index (χ1v) is 7.06. The van der Waals surface area contributed by atoms with E-state index in [2.05, 4.69) is 37.2 Å². The predicted molar refractivity (Wildman–Crippen MR) is 77.1 cm³/mol. The molecule has 0 spiro atoms. The molecule has 7 heteroatoms. The van der Waals surface area contributed by atoms with E-state index in [1.165, 1.54) is 6.92 Å². The molecule has 104 valence electrons. The summed E-state index contributed by atoms with van der Waals surface area (Å²) >= 11 is 6.62. The molecule has 0 radical (unpaired) electrons. The molecule has 1 atom stereocenters. The Balaban J connectivity index is 2.40. The Kier molecular flexibility index (Phi) is 6.30. The maximum atomic E-state index is 11.5. The van der Waals surface area contributed by atoms with E-state index in [4.69, 9.17) is 9.84 Å². The molecule has 0 saturated heterocycles. The van der Waals surface area contributed by atoms with Crippen molar-refractivity contribution in [2.75, 3.05) is 13.2 Å². The van der Waals surface area contributed by atoms with Crippen molar-refractivity contribution >= 4 is 43.7 Å². The molecule has 1 rings (SSSR count). The molecule has 1 amide bonds. The molecule has 1 aromatic carbocycles. The molecule has 0 fully saturated rings. The van der Waals surface area contributed by atoms with Crippen molar-refractivity contribution in [3.63, 3.8) is 0 Å². The number of aliphatic carboxylic acids is 1. The summed E-state index contributed by atoms with van der Waals surface area (Å²) in [7, 11) is 0. The lowest BCUT2D eigenvalue weighted by molar-refractivity contribution is -0.141. The summed E-state index contributed by atoms with van der Waals surface area (Å²) in [6, 6.07) is 5.32. The normalized spacial score (nSPS) is 11.7. The Morgan fingerprint density at radius 2 is 2.11 bits per heavy atom. The van der Waals surface area contributed by atoms with Crippen molar-refractivity contribution < 1.29 is 19.4 Å². The molecule has 0 heterocycles. The van der Waals surface area contributed by atoms with Gasteiger partial charge in [0.25, 0.3) is 5.91 Å². The Morgan fingerprint density at radius 1 is 1.42 bits per heavy atom. The third-order valence-electron chi connectivity index (χ3n) is 2.28. The summed E-state index contributed by atoms with van der Waals surface area (Å²) in [5.74, 6) is -1.38. The van der Waals surface area contributed by atoms with E-state index in [9.17, 15) is 9.59 Å². The number of carbonyl (C=O) groups excluding carboxylic acids is 1. The van der Waals surface area contributed by atoms with Gasteiger partial charge < -0.3 is 15.2 Å². The smallest absolute Gasteiger partial charge is 0.308 e. The highest BCUT2D eigenvalue weighted by atomic mass is 79.9. The minimum atomic E-state index is -0.947. The van der Waals surface area contributed by atoms with Gasteiger partial charge in [0, 0.05) is 11.0 Å². The maximum absolute atomic E-state index is 11.5. The van der Waals surface area contributed by atoms with Crippen molar-refractivity contribution in [1.29, 1.82) is 0 Å². The van der Waals surface area contributed by atoms with Crippen molar-refractivity contribution in [3.05, 3.63) is 27.1 Å². The number of ether oxygens (including phenoxy) is 1. The van der Waals surface area contributed by atoms with Crippen LogP contribution in [0.4, 0.5) is 0 Å². The van der Waals surface area contributed by atoms with E-state index < -0.39 is 11.9 Å². The highest BCUT2D eigenvalue weighted by Crippen LogP contribution is 2.27. The van der Waals surface area contributed by atoms with Crippen molar-refractivity contribution in [2.24, 2.45) is 5.92 Å². The molecular formula is C12H13Br2NO4. The number of benzene rings is 1. The first kappa shape index (κ1) is 16.0. The van der Waals surface area contributed by atoms with Gasteiger partial charge >= 0.3 is 5.97 Å². The minimum Gasteiger partial charge on any atom is -0.483 e. The second-order valence-corrected chi connectivity index (χ2v) is 5.68. The molecule has 5 nitrogen and oxygen atoms in total. The van der Waals surface area contributed by atoms with E-state index in [0.29, 0.717) is 5.75 Å². The van der Waals surface area contributed by atoms with Crippen LogP contribution in [0.25, 0.3) is 0 Å². The number of carbonyl (C=O) groups is 2. The van der Waals surface area contributed by atoms with Gasteiger partial charge in [-0.2, -0.15) is 0 Å². The fourth-order valence-corrected chi connectivity index (χ4v) is 2.30. The first-order valence-electron chi connectivity index (χ1n) is 5.47. The summed E-state index contributed by atoms with van der Waals surface area (Å²) in [5.41, 5.74) is 0. The molecule has 1 unspecified atom stereocenters. The Bertz CT molecular complexity index is 479. The third-order valence-corrected chi connectivity index (χ3v) is 3.39. The van der Waals surface area contributed by atoms with Gasteiger partial charge in [-0.1, -0.05) is 22.9 Å². The fourth-order valence-electron chi connectivity index (χ4n) is 1.14. The topological polar surface area (TPSA) is 75.6 Å². The lowest BCUT2D eigenvalue weighted by atomic mass is 10.2. The van der Waals surface area contributed by atoms with E-state index in [1.54, 1.807) is 18.2 Å².